The monoisotopic (exact) mass is 460 g/mol. The number of rotatable bonds is 8. The number of amides is 2. The van der Waals surface area contributed by atoms with Gasteiger partial charge in [0.2, 0.25) is 11.8 Å². The number of ether oxygens (including phenoxy) is 1. The Morgan fingerprint density at radius 2 is 1.64 bits per heavy atom. The van der Waals surface area contributed by atoms with E-state index in [0.29, 0.717) is 38.0 Å². The van der Waals surface area contributed by atoms with Crippen LogP contribution in [0, 0.1) is 5.92 Å². The van der Waals surface area contributed by atoms with E-state index in [1.165, 1.54) is 0 Å². The number of halogens is 3. The first-order valence-corrected chi connectivity index (χ1v) is 10.8. The molecule has 1 fully saturated rings. The molecule has 1 N–H and O–H groups in total. The molecule has 5 nitrogen and oxygen atoms in total. The van der Waals surface area contributed by atoms with Crippen LogP contribution in [-0.4, -0.2) is 42.6 Å². The summed E-state index contributed by atoms with van der Waals surface area (Å²) >= 11 is 0. The van der Waals surface area contributed by atoms with Gasteiger partial charge in [0.05, 0.1) is 6.61 Å². The Balaban J connectivity index is 1.38. The summed E-state index contributed by atoms with van der Waals surface area (Å²) in [6, 6.07) is 16.5. The summed E-state index contributed by atoms with van der Waals surface area (Å²) in [4.78, 5) is 26.6. The van der Waals surface area contributed by atoms with Crippen LogP contribution in [0.3, 0.4) is 0 Å². The van der Waals surface area contributed by atoms with Crippen LogP contribution < -0.4 is 5.32 Å². The SMILES string of the molecule is O=C(NCc1ccc(COCC(F)(F)F)cc1)C1CCN(C(=O)/C=C/c2ccccc2)CC1. The molecule has 1 aliphatic rings. The van der Waals surface area contributed by atoms with Crippen LogP contribution in [0.25, 0.3) is 6.08 Å². The van der Waals surface area contributed by atoms with Crippen LogP contribution in [-0.2, 0) is 27.5 Å². The summed E-state index contributed by atoms with van der Waals surface area (Å²) in [7, 11) is 0. The van der Waals surface area contributed by atoms with Gasteiger partial charge in [0.25, 0.3) is 0 Å². The predicted octanol–water partition coefficient (Wildman–Crippen LogP) is 4.33. The number of nitrogens with zero attached hydrogens (tertiary/aromatic N) is 1. The summed E-state index contributed by atoms with van der Waals surface area (Å²) in [6.07, 6.45) is 0.216. The van der Waals surface area contributed by atoms with E-state index in [2.05, 4.69) is 10.1 Å². The highest BCUT2D eigenvalue weighted by Crippen LogP contribution is 2.19. The van der Waals surface area contributed by atoms with Crippen LogP contribution in [0.15, 0.2) is 60.7 Å². The molecule has 0 spiro atoms. The Morgan fingerprint density at radius 3 is 2.27 bits per heavy atom. The van der Waals surface area contributed by atoms with E-state index >= 15 is 0 Å². The molecule has 3 rings (SSSR count). The molecule has 0 radical (unpaired) electrons. The average molecular weight is 460 g/mol. The highest BCUT2D eigenvalue weighted by atomic mass is 19.4. The van der Waals surface area contributed by atoms with Crippen molar-refractivity contribution in [1.29, 1.82) is 0 Å². The third-order valence-corrected chi connectivity index (χ3v) is 5.42. The Bertz CT molecular complexity index is 936. The normalized spacial score (nSPS) is 15.1. The molecule has 2 aromatic rings. The molecule has 0 aliphatic carbocycles. The number of likely N-dealkylation sites (tertiary alicyclic amines) is 1. The zero-order chi connectivity index (χ0) is 23.7. The standard InChI is InChI=1S/C25H27F3N2O3/c26-25(27,28)18-33-17-21-8-6-20(7-9-21)16-29-24(32)22-12-14-30(15-13-22)23(31)11-10-19-4-2-1-3-5-19/h1-11,22H,12-18H2,(H,29,32)/b11-10+. The van der Waals surface area contributed by atoms with Crippen LogP contribution in [0.4, 0.5) is 13.2 Å². The van der Waals surface area contributed by atoms with E-state index in [0.717, 1.165) is 11.1 Å². The second kappa shape index (κ2) is 11.7. The van der Waals surface area contributed by atoms with Crippen molar-refractivity contribution in [2.75, 3.05) is 19.7 Å². The molecule has 2 amide bonds. The number of carbonyl (C=O) groups excluding carboxylic acids is 2. The topological polar surface area (TPSA) is 58.6 Å². The van der Waals surface area contributed by atoms with Crippen molar-refractivity contribution in [2.45, 2.75) is 32.2 Å². The Kier molecular flexibility index (Phi) is 8.65. The first kappa shape index (κ1) is 24.5. The lowest BCUT2D eigenvalue weighted by Crippen LogP contribution is -2.42. The maximum Gasteiger partial charge on any atom is 0.411 e. The van der Waals surface area contributed by atoms with Crippen LogP contribution in [0.1, 0.15) is 29.5 Å². The molecule has 0 atom stereocenters. The van der Waals surface area contributed by atoms with Gasteiger partial charge in [-0.1, -0.05) is 54.6 Å². The number of piperidine rings is 1. The van der Waals surface area contributed by atoms with E-state index in [1.807, 2.05) is 30.3 Å². The molecule has 0 bridgehead atoms. The van der Waals surface area contributed by atoms with Gasteiger partial charge in [0.15, 0.2) is 0 Å². The van der Waals surface area contributed by atoms with Crippen molar-refractivity contribution in [3.8, 4) is 0 Å². The zero-order valence-electron chi connectivity index (χ0n) is 18.2. The Labute approximate surface area is 191 Å². The first-order chi connectivity index (χ1) is 15.8. The second-order valence-corrected chi connectivity index (χ2v) is 7.99. The van der Waals surface area contributed by atoms with Crippen molar-refractivity contribution in [3.63, 3.8) is 0 Å². The van der Waals surface area contributed by atoms with Gasteiger partial charge in [-0.05, 0) is 35.6 Å². The maximum absolute atomic E-state index is 12.5. The Morgan fingerprint density at radius 1 is 1.00 bits per heavy atom. The quantitative estimate of drug-likeness (QED) is 0.597. The summed E-state index contributed by atoms with van der Waals surface area (Å²) in [5.74, 6) is -0.265. The second-order valence-electron chi connectivity index (χ2n) is 7.99. The summed E-state index contributed by atoms with van der Waals surface area (Å²) in [5.41, 5.74) is 2.44. The first-order valence-electron chi connectivity index (χ1n) is 10.8. The number of nitrogens with one attached hydrogen (secondary N) is 1. The lowest BCUT2D eigenvalue weighted by molar-refractivity contribution is -0.176. The van der Waals surface area contributed by atoms with Crippen molar-refractivity contribution >= 4 is 17.9 Å². The minimum Gasteiger partial charge on any atom is -0.367 e. The smallest absolute Gasteiger partial charge is 0.367 e. The molecule has 0 saturated carbocycles. The lowest BCUT2D eigenvalue weighted by atomic mass is 9.95. The molecular formula is C25H27F3N2O3. The summed E-state index contributed by atoms with van der Waals surface area (Å²) in [5, 5.41) is 2.91. The predicted molar refractivity (Wildman–Crippen MR) is 119 cm³/mol. The number of alkyl halides is 3. The van der Waals surface area contributed by atoms with E-state index in [1.54, 1.807) is 41.3 Å². The highest BCUT2D eigenvalue weighted by Gasteiger charge is 2.27. The lowest BCUT2D eigenvalue weighted by Gasteiger charge is -2.30. The van der Waals surface area contributed by atoms with E-state index in [9.17, 15) is 22.8 Å². The Hall–Kier alpha value is -3.13. The van der Waals surface area contributed by atoms with Crippen LogP contribution >= 0.6 is 0 Å². The van der Waals surface area contributed by atoms with Crippen LogP contribution in [0.2, 0.25) is 0 Å². The van der Waals surface area contributed by atoms with E-state index in [-0.39, 0.29) is 24.3 Å². The fourth-order valence-electron chi connectivity index (χ4n) is 3.57. The van der Waals surface area contributed by atoms with Crippen molar-refractivity contribution in [3.05, 3.63) is 77.4 Å². The molecule has 8 heteroatoms. The van der Waals surface area contributed by atoms with Gasteiger partial charge >= 0.3 is 6.18 Å². The zero-order valence-corrected chi connectivity index (χ0v) is 18.2. The van der Waals surface area contributed by atoms with Gasteiger partial charge in [-0.15, -0.1) is 0 Å². The minimum absolute atomic E-state index is 0.0560. The summed E-state index contributed by atoms with van der Waals surface area (Å²) < 4.78 is 41.0. The molecule has 176 valence electrons. The van der Waals surface area contributed by atoms with Gasteiger partial charge in [-0.25, -0.2) is 0 Å². The third-order valence-electron chi connectivity index (χ3n) is 5.42. The van der Waals surface area contributed by atoms with E-state index < -0.39 is 12.8 Å². The molecule has 0 aromatic heterocycles. The molecule has 1 heterocycles. The molecule has 2 aromatic carbocycles. The fraction of sp³-hybridized carbons (Fsp3) is 0.360. The third kappa shape index (κ3) is 8.38. The van der Waals surface area contributed by atoms with Crippen LogP contribution in [0.5, 0.6) is 0 Å². The van der Waals surface area contributed by atoms with E-state index in [4.69, 9.17) is 0 Å². The van der Waals surface area contributed by atoms with Gasteiger partial charge in [0, 0.05) is 31.6 Å². The number of hydrogen-bond donors (Lipinski definition) is 1. The number of benzene rings is 2. The largest absolute Gasteiger partial charge is 0.411 e. The maximum atomic E-state index is 12.5. The molecular weight excluding hydrogens is 433 g/mol. The minimum atomic E-state index is -4.34. The average Bonchev–Trinajstić information content (AvgIpc) is 2.82. The van der Waals surface area contributed by atoms with Crippen molar-refractivity contribution in [2.24, 2.45) is 5.92 Å². The fourth-order valence-corrected chi connectivity index (χ4v) is 3.57. The molecule has 1 saturated heterocycles. The number of carbonyl (C=O) groups is 2. The molecule has 33 heavy (non-hydrogen) atoms. The van der Waals surface area contributed by atoms with Gasteiger partial charge < -0.3 is 15.0 Å². The van der Waals surface area contributed by atoms with Crippen molar-refractivity contribution in [1.82, 2.24) is 10.2 Å². The van der Waals surface area contributed by atoms with Gasteiger partial charge in [0.1, 0.15) is 6.61 Å². The van der Waals surface area contributed by atoms with Gasteiger partial charge in [-0.2, -0.15) is 13.2 Å². The van der Waals surface area contributed by atoms with Crippen molar-refractivity contribution < 1.29 is 27.5 Å². The number of hydrogen-bond acceptors (Lipinski definition) is 3. The molecule has 0 unspecified atom stereocenters. The summed E-state index contributed by atoms with van der Waals surface area (Å²) in [6.45, 7) is -0.00462. The van der Waals surface area contributed by atoms with Gasteiger partial charge in [-0.3, -0.25) is 9.59 Å². The molecule has 1 aliphatic heterocycles. The highest BCUT2D eigenvalue weighted by molar-refractivity contribution is 5.92.